The van der Waals surface area contributed by atoms with Gasteiger partial charge < -0.3 is 0 Å². The molecule has 0 amide bonds. The summed E-state index contributed by atoms with van der Waals surface area (Å²) in [6.07, 6.45) is 0. The van der Waals surface area contributed by atoms with Crippen LogP contribution in [0.1, 0.15) is 16.6 Å². The van der Waals surface area contributed by atoms with E-state index in [4.69, 9.17) is 2.74 Å². The molecule has 0 aliphatic rings. The van der Waals surface area contributed by atoms with Crippen LogP contribution in [0, 0.1) is 0 Å². The lowest BCUT2D eigenvalue weighted by Gasteiger charge is -1.92. The third kappa shape index (κ3) is 4.09. The van der Waals surface area contributed by atoms with Gasteiger partial charge in [-0.3, -0.25) is 0 Å². The summed E-state index contributed by atoms with van der Waals surface area (Å²) in [5.41, 5.74) is 0. The van der Waals surface area contributed by atoms with Crippen LogP contribution in [-0.4, -0.2) is 5.25 Å². The third-order valence-electron chi connectivity index (χ3n) is 0.340. The Balaban J connectivity index is 3.29. The van der Waals surface area contributed by atoms with Crippen molar-refractivity contribution in [3.05, 3.63) is 11.9 Å². The van der Waals surface area contributed by atoms with E-state index in [1.807, 2.05) is 13.8 Å². The lowest BCUT2D eigenvalue weighted by atomic mass is 10.6. The van der Waals surface area contributed by atoms with Crippen molar-refractivity contribution in [2.24, 2.45) is 0 Å². The Bertz CT molecular complexity index is 84.4. The molecule has 0 N–H and O–H groups in total. The third-order valence-corrected chi connectivity index (χ3v) is 1.02. The van der Waals surface area contributed by atoms with Crippen LogP contribution in [-0.2, 0) is 0 Å². The average Bonchev–Trinajstić information content (AvgIpc) is 1.61. The number of thioether (sulfide) groups is 1. The quantitative estimate of drug-likeness (QED) is 0.518. The Morgan fingerprint density at radius 1 is 2.00 bits per heavy atom. The molecule has 0 rings (SSSR count). The van der Waals surface area contributed by atoms with E-state index in [1.54, 1.807) is 0 Å². The van der Waals surface area contributed by atoms with Crippen molar-refractivity contribution in [2.45, 2.75) is 19.1 Å². The van der Waals surface area contributed by atoms with Crippen molar-refractivity contribution < 1.29 is 2.74 Å². The normalized spacial score (nSPS) is 13.2. The molecule has 0 aromatic rings. The van der Waals surface area contributed by atoms with Crippen LogP contribution in [0.4, 0.5) is 0 Å². The predicted molar refractivity (Wildman–Crippen MR) is 32.9 cm³/mol. The topological polar surface area (TPSA) is 0 Å². The number of hydrogen-bond donors (Lipinski definition) is 0. The van der Waals surface area contributed by atoms with Gasteiger partial charge in [0.1, 0.15) is 0 Å². The minimum absolute atomic E-state index is 0.108. The van der Waals surface area contributed by atoms with Crippen molar-refractivity contribution in [3.8, 4) is 0 Å². The lowest BCUT2D eigenvalue weighted by Crippen LogP contribution is -1.78. The second-order valence-corrected chi connectivity index (χ2v) is 2.75. The molecule has 1 heteroatoms. The van der Waals surface area contributed by atoms with Crippen molar-refractivity contribution in [1.82, 2.24) is 0 Å². The summed E-state index contributed by atoms with van der Waals surface area (Å²) in [6, 6.07) is 0. The van der Waals surface area contributed by atoms with Gasteiger partial charge in [0.15, 0.2) is 0 Å². The second kappa shape index (κ2) is 3.29. The zero-order valence-electron chi connectivity index (χ0n) is 6.06. The van der Waals surface area contributed by atoms with Crippen LogP contribution < -0.4 is 0 Å². The molecule has 0 saturated carbocycles. The number of hydrogen-bond acceptors (Lipinski definition) is 1. The Morgan fingerprint density at radius 2 is 2.67 bits per heavy atom. The highest BCUT2D eigenvalue weighted by molar-refractivity contribution is 8.02. The molecule has 6 heavy (non-hydrogen) atoms. The van der Waals surface area contributed by atoms with Gasteiger partial charge in [0.05, 0.1) is 2.74 Å². The van der Waals surface area contributed by atoms with Gasteiger partial charge >= 0.3 is 0 Å². The zero-order chi connectivity index (χ0) is 6.57. The molecule has 0 aliphatic carbocycles. The molecule has 0 spiro atoms. The summed E-state index contributed by atoms with van der Waals surface area (Å²) in [5.74, 6) is 0. The molecule has 0 bridgehead atoms. The molecule has 0 aromatic carbocycles. The maximum absolute atomic E-state index is 6.68. The van der Waals surface area contributed by atoms with Crippen molar-refractivity contribution >= 4 is 11.8 Å². The van der Waals surface area contributed by atoms with Crippen LogP contribution in [0.2, 0.25) is 0 Å². The monoisotopic (exact) mass is 104 g/mol. The van der Waals surface area contributed by atoms with Gasteiger partial charge in [-0.15, -0.1) is 11.8 Å². The van der Waals surface area contributed by atoms with Gasteiger partial charge in [0.25, 0.3) is 0 Å². The fourth-order valence-electron chi connectivity index (χ4n) is 0.136. The van der Waals surface area contributed by atoms with E-state index < -0.39 is 0 Å². The summed E-state index contributed by atoms with van der Waals surface area (Å²) >= 11 is 1.50. The molecule has 0 saturated heterocycles. The fraction of sp³-hybridized carbons (Fsp3) is 0.600. The Labute approximate surface area is 46.4 Å². The molecule has 0 fully saturated rings. The molecule has 0 nitrogen and oxygen atoms in total. The predicted octanol–water partition coefficient (Wildman–Crippen LogP) is 2.27. The molecule has 0 unspecified atom stereocenters. The van der Waals surface area contributed by atoms with Crippen LogP contribution in [0.3, 0.4) is 0 Å². The van der Waals surface area contributed by atoms with Crippen molar-refractivity contribution in [1.29, 1.82) is 0 Å². The minimum Gasteiger partial charge on any atom is -0.132 e. The molecule has 0 heterocycles. The zero-order valence-corrected chi connectivity index (χ0v) is 4.88. The Morgan fingerprint density at radius 3 is 2.83 bits per heavy atom. The minimum atomic E-state index is -0.108. The highest BCUT2D eigenvalue weighted by Gasteiger charge is 1.82. The smallest absolute Gasteiger partial charge is 0.0543 e. The molecular weight excluding hydrogens is 92.1 g/mol. The SMILES string of the molecule is [2H]C([2H])=CSC(C)C. The second-order valence-electron chi connectivity index (χ2n) is 1.30. The van der Waals surface area contributed by atoms with E-state index in [0.29, 0.717) is 5.25 Å². The Hall–Kier alpha value is 0.0900. The van der Waals surface area contributed by atoms with E-state index in [-0.39, 0.29) is 6.53 Å². The lowest BCUT2D eigenvalue weighted by molar-refractivity contribution is 1.12. The van der Waals surface area contributed by atoms with Gasteiger partial charge in [-0.2, -0.15) is 0 Å². The first-order chi connectivity index (χ1) is 3.63. The summed E-state index contributed by atoms with van der Waals surface area (Å²) in [6.45, 7) is 3.96. The molecular formula is C5H10S. The highest BCUT2D eigenvalue weighted by Crippen LogP contribution is 2.07. The summed E-state index contributed by atoms with van der Waals surface area (Å²) < 4.78 is 13.4. The van der Waals surface area contributed by atoms with Crippen LogP contribution in [0.15, 0.2) is 11.9 Å². The van der Waals surface area contributed by atoms with Gasteiger partial charge in [0, 0.05) is 5.25 Å². The standard InChI is InChI=1S/C5H10S/c1-4-6-5(2)3/h4-5H,1H2,2-3H3/i1D2. The first-order valence-electron chi connectivity index (χ1n) is 2.91. The molecule has 0 radical (unpaired) electrons. The first-order valence-corrected chi connectivity index (χ1v) is 2.86. The van der Waals surface area contributed by atoms with Gasteiger partial charge in [0.2, 0.25) is 0 Å². The van der Waals surface area contributed by atoms with Crippen molar-refractivity contribution in [3.63, 3.8) is 0 Å². The van der Waals surface area contributed by atoms with E-state index in [9.17, 15) is 0 Å². The maximum Gasteiger partial charge on any atom is 0.0543 e. The van der Waals surface area contributed by atoms with Crippen LogP contribution in [0.25, 0.3) is 0 Å². The molecule has 36 valence electrons. The van der Waals surface area contributed by atoms with E-state index in [1.165, 1.54) is 17.2 Å². The molecule has 0 aromatic heterocycles. The van der Waals surface area contributed by atoms with Crippen molar-refractivity contribution in [2.75, 3.05) is 0 Å². The van der Waals surface area contributed by atoms with Crippen LogP contribution in [0.5, 0.6) is 0 Å². The van der Waals surface area contributed by atoms with E-state index >= 15 is 0 Å². The molecule has 0 atom stereocenters. The number of rotatable bonds is 2. The fourth-order valence-corrected chi connectivity index (χ4v) is 0.408. The van der Waals surface area contributed by atoms with Gasteiger partial charge in [-0.1, -0.05) is 20.4 Å². The largest absolute Gasteiger partial charge is 0.132 e. The summed E-state index contributed by atoms with van der Waals surface area (Å²) in [7, 11) is 0. The van der Waals surface area contributed by atoms with E-state index in [0.717, 1.165) is 0 Å². The summed E-state index contributed by atoms with van der Waals surface area (Å²) in [4.78, 5) is 0. The Kier molecular flexibility index (Phi) is 1.72. The average molecular weight is 104 g/mol. The van der Waals surface area contributed by atoms with Crippen LogP contribution >= 0.6 is 11.8 Å². The van der Waals surface area contributed by atoms with Gasteiger partial charge in [-0.05, 0) is 5.41 Å². The highest BCUT2D eigenvalue weighted by atomic mass is 32.2. The van der Waals surface area contributed by atoms with E-state index in [2.05, 4.69) is 0 Å². The van der Waals surface area contributed by atoms with Gasteiger partial charge in [-0.25, -0.2) is 0 Å². The molecule has 0 aliphatic heterocycles. The maximum atomic E-state index is 6.68. The summed E-state index contributed by atoms with van der Waals surface area (Å²) in [5, 5.41) is 2.02. The first kappa shape index (κ1) is 3.14.